The molecule has 0 saturated carbocycles. The van der Waals surface area contributed by atoms with Crippen molar-refractivity contribution in [2.24, 2.45) is 0 Å². The quantitative estimate of drug-likeness (QED) is 0.765. The Labute approximate surface area is 104 Å². The molecule has 0 aliphatic carbocycles. The summed E-state index contributed by atoms with van der Waals surface area (Å²) in [6.45, 7) is 1.49. The zero-order valence-corrected chi connectivity index (χ0v) is 10.2. The summed E-state index contributed by atoms with van der Waals surface area (Å²) in [5.41, 5.74) is 1.38. The van der Waals surface area contributed by atoms with Gasteiger partial charge in [0.1, 0.15) is 5.69 Å². The second kappa shape index (κ2) is 4.55. The van der Waals surface area contributed by atoms with Gasteiger partial charge >= 0.3 is 0 Å². The molecule has 88 valence electrons. The third-order valence-electron chi connectivity index (χ3n) is 2.41. The Bertz CT molecular complexity index is 552. The van der Waals surface area contributed by atoms with E-state index in [2.05, 4.69) is 10.1 Å². The minimum Gasteiger partial charge on any atom is -0.313 e. The molecule has 0 fully saturated rings. The van der Waals surface area contributed by atoms with Gasteiger partial charge < -0.3 is 4.90 Å². The maximum Gasteiger partial charge on any atom is 0.223 e. The minimum absolute atomic E-state index is 0.0539. The van der Waals surface area contributed by atoms with Gasteiger partial charge in [-0.3, -0.25) is 4.79 Å². The van der Waals surface area contributed by atoms with Crippen molar-refractivity contribution in [2.75, 3.05) is 11.9 Å². The van der Waals surface area contributed by atoms with E-state index in [4.69, 9.17) is 11.6 Å². The molecule has 0 aliphatic heterocycles. The summed E-state index contributed by atoms with van der Waals surface area (Å²) < 4.78 is 1.59. The maximum absolute atomic E-state index is 11.2. The number of carbonyl (C=O) groups is 1. The topological polar surface area (TPSA) is 51.0 Å². The van der Waals surface area contributed by atoms with Crippen LogP contribution in [-0.2, 0) is 4.79 Å². The summed E-state index contributed by atoms with van der Waals surface area (Å²) in [7, 11) is 1.69. The van der Waals surface area contributed by atoms with Crippen LogP contribution in [0.4, 0.5) is 5.69 Å². The first-order valence-corrected chi connectivity index (χ1v) is 5.37. The Balaban J connectivity index is 2.37. The molecule has 1 amide bonds. The van der Waals surface area contributed by atoms with Gasteiger partial charge in [0.25, 0.3) is 0 Å². The Morgan fingerprint density at radius 1 is 1.53 bits per heavy atom. The van der Waals surface area contributed by atoms with Crippen molar-refractivity contribution in [2.45, 2.75) is 6.92 Å². The third-order valence-corrected chi connectivity index (χ3v) is 2.71. The van der Waals surface area contributed by atoms with E-state index in [0.29, 0.717) is 16.5 Å². The second-order valence-corrected chi connectivity index (χ2v) is 3.89. The number of nitrogens with zero attached hydrogens (tertiary/aromatic N) is 4. The third kappa shape index (κ3) is 2.29. The van der Waals surface area contributed by atoms with Crippen molar-refractivity contribution in [1.29, 1.82) is 0 Å². The zero-order chi connectivity index (χ0) is 12.4. The van der Waals surface area contributed by atoms with Crippen LogP contribution in [0.2, 0.25) is 5.15 Å². The molecule has 0 spiro atoms. The monoisotopic (exact) mass is 250 g/mol. The lowest BCUT2D eigenvalue weighted by Crippen LogP contribution is -2.22. The van der Waals surface area contributed by atoms with E-state index in [0.717, 1.165) is 0 Å². The van der Waals surface area contributed by atoms with Crippen LogP contribution in [0.15, 0.2) is 30.7 Å². The first kappa shape index (κ1) is 11.6. The van der Waals surface area contributed by atoms with Gasteiger partial charge in [-0.25, -0.2) is 9.67 Å². The molecule has 6 heteroatoms. The van der Waals surface area contributed by atoms with Gasteiger partial charge in [0.15, 0.2) is 5.15 Å². The number of carbonyl (C=O) groups excluding carboxylic acids is 1. The molecule has 0 radical (unpaired) electrons. The number of rotatable bonds is 2. The van der Waals surface area contributed by atoms with Crippen molar-refractivity contribution >= 4 is 23.2 Å². The highest BCUT2D eigenvalue weighted by Crippen LogP contribution is 2.19. The summed E-state index contributed by atoms with van der Waals surface area (Å²) in [5.74, 6) is -0.0539. The van der Waals surface area contributed by atoms with Crippen LogP contribution in [0.25, 0.3) is 5.69 Å². The fourth-order valence-corrected chi connectivity index (χ4v) is 1.55. The van der Waals surface area contributed by atoms with Crippen molar-refractivity contribution in [1.82, 2.24) is 14.8 Å². The highest BCUT2D eigenvalue weighted by Gasteiger charge is 2.10. The van der Waals surface area contributed by atoms with Crippen molar-refractivity contribution in [3.05, 3.63) is 35.9 Å². The number of pyridine rings is 1. The van der Waals surface area contributed by atoms with Crippen LogP contribution in [0.3, 0.4) is 0 Å². The van der Waals surface area contributed by atoms with Gasteiger partial charge in [-0.1, -0.05) is 11.6 Å². The van der Waals surface area contributed by atoms with Gasteiger partial charge in [-0.2, -0.15) is 5.10 Å². The van der Waals surface area contributed by atoms with Crippen molar-refractivity contribution in [3.63, 3.8) is 0 Å². The van der Waals surface area contributed by atoms with E-state index in [1.807, 2.05) is 0 Å². The standard InChI is InChI=1S/C11H11ClN4O/c1-8(17)15(2)9-6-14-16(7-9)10-4-3-5-13-11(10)12/h3-7H,1-2H3. The SMILES string of the molecule is CC(=O)N(C)c1cnn(-c2cccnc2Cl)c1. The van der Waals surface area contributed by atoms with Crippen molar-refractivity contribution in [3.8, 4) is 5.69 Å². The zero-order valence-electron chi connectivity index (χ0n) is 9.46. The number of hydrogen-bond acceptors (Lipinski definition) is 3. The molecule has 0 aromatic carbocycles. The van der Waals surface area contributed by atoms with E-state index in [9.17, 15) is 4.79 Å². The number of halogens is 1. The molecule has 2 heterocycles. The predicted molar refractivity (Wildman–Crippen MR) is 65.5 cm³/mol. The van der Waals surface area contributed by atoms with E-state index in [1.165, 1.54) is 11.8 Å². The Hall–Kier alpha value is -1.88. The first-order valence-electron chi connectivity index (χ1n) is 4.99. The number of amides is 1. The summed E-state index contributed by atoms with van der Waals surface area (Å²) in [6.07, 6.45) is 4.94. The van der Waals surface area contributed by atoms with Crippen LogP contribution in [0, 0.1) is 0 Å². The smallest absolute Gasteiger partial charge is 0.223 e. The fraction of sp³-hybridized carbons (Fsp3) is 0.182. The number of hydrogen-bond donors (Lipinski definition) is 0. The largest absolute Gasteiger partial charge is 0.313 e. The van der Waals surface area contributed by atoms with E-state index in [-0.39, 0.29) is 5.91 Å². The molecule has 17 heavy (non-hydrogen) atoms. The Kier molecular flexibility index (Phi) is 3.10. The van der Waals surface area contributed by atoms with Crippen LogP contribution in [-0.4, -0.2) is 27.7 Å². The van der Waals surface area contributed by atoms with Crippen LogP contribution in [0.1, 0.15) is 6.92 Å². The molecular weight excluding hydrogens is 240 g/mol. The van der Waals surface area contributed by atoms with Crippen LogP contribution >= 0.6 is 11.6 Å². The highest BCUT2D eigenvalue weighted by atomic mass is 35.5. The minimum atomic E-state index is -0.0539. The molecule has 5 nitrogen and oxygen atoms in total. The molecule has 0 unspecified atom stereocenters. The molecule has 2 aromatic rings. The Morgan fingerprint density at radius 3 is 2.94 bits per heavy atom. The average Bonchev–Trinajstić information content (AvgIpc) is 2.77. The van der Waals surface area contributed by atoms with Gasteiger partial charge in [0.05, 0.1) is 18.1 Å². The van der Waals surface area contributed by atoms with E-state index < -0.39 is 0 Å². The average molecular weight is 251 g/mol. The van der Waals surface area contributed by atoms with Crippen LogP contribution < -0.4 is 4.90 Å². The first-order chi connectivity index (χ1) is 8.09. The molecule has 0 bridgehead atoms. The van der Waals surface area contributed by atoms with E-state index >= 15 is 0 Å². The molecule has 0 aliphatic rings. The maximum atomic E-state index is 11.2. The van der Waals surface area contributed by atoms with Gasteiger partial charge in [0.2, 0.25) is 5.91 Å². The summed E-state index contributed by atoms with van der Waals surface area (Å²) in [5, 5.41) is 4.52. The van der Waals surface area contributed by atoms with E-state index in [1.54, 1.807) is 42.5 Å². The lowest BCUT2D eigenvalue weighted by atomic mass is 10.4. The normalized spacial score (nSPS) is 10.3. The molecule has 0 atom stereocenters. The van der Waals surface area contributed by atoms with Crippen LogP contribution in [0.5, 0.6) is 0 Å². The second-order valence-electron chi connectivity index (χ2n) is 3.53. The molecule has 2 rings (SSSR count). The number of anilines is 1. The molecule has 0 saturated heterocycles. The van der Waals surface area contributed by atoms with Gasteiger partial charge in [0, 0.05) is 20.2 Å². The Morgan fingerprint density at radius 2 is 2.29 bits per heavy atom. The lowest BCUT2D eigenvalue weighted by Gasteiger charge is -2.10. The summed E-state index contributed by atoms with van der Waals surface area (Å²) in [6, 6.07) is 3.58. The predicted octanol–water partition coefficient (Wildman–Crippen LogP) is 1.90. The molecule has 2 aromatic heterocycles. The highest BCUT2D eigenvalue weighted by molar-refractivity contribution is 6.31. The van der Waals surface area contributed by atoms with Crippen molar-refractivity contribution < 1.29 is 4.79 Å². The van der Waals surface area contributed by atoms with Gasteiger partial charge in [-0.15, -0.1) is 0 Å². The molecule has 0 N–H and O–H groups in total. The lowest BCUT2D eigenvalue weighted by molar-refractivity contribution is -0.116. The molecular formula is C11H11ClN4O. The fourth-order valence-electron chi connectivity index (χ4n) is 1.35. The number of aromatic nitrogens is 3. The summed E-state index contributed by atoms with van der Waals surface area (Å²) >= 11 is 5.96. The summed E-state index contributed by atoms with van der Waals surface area (Å²) in [4.78, 5) is 16.7. The van der Waals surface area contributed by atoms with Gasteiger partial charge in [-0.05, 0) is 12.1 Å².